The van der Waals surface area contributed by atoms with Gasteiger partial charge in [0, 0.05) is 13.0 Å². The van der Waals surface area contributed by atoms with Crippen molar-refractivity contribution in [1.29, 1.82) is 0 Å². The van der Waals surface area contributed by atoms with Gasteiger partial charge in [0.2, 0.25) is 5.95 Å². The number of rotatable bonds is 7. The van der Waals surface area contributed by atoms with E-state index >= 15 is 0 Å². The molecule has 0 spiro atoms. The van der Waals surface area contributed by atoms with Gasteiger partial charge in [0.1, 0.15) is 5.82 Å². The van der Waals surface area contributed by atoms with E-state index in [9.17, 15) is 0 Å². The normalized spacial score (nSPS) is 15.3. The molecule has 3 heterocycles. The largest absolute Gasteiger partial charge is 0.382 e. The number of piperidine rings is 1. The van der Waals surface area contributed by atoms with Crippen molar-refractivity contribution in [2.45, 2.75) is 45.1 Å². The van der Waals surface area contributed by atoms with E-state index < -0.39 is 0 Å². The second-order valence-electron chi connectivity index (χ2n) is 7.59. The minimum absolute atomic E-state index is 0.200. The summed E-state index contributed by atoms with van der Waals surface area (Å²) in [6.07, 6.45) is 7.03. The van der Waals surface area contributed by atoms with Crippen molar-refractivity contribution in [3.63, 3.8) is 0 Å². The third kappa shape index (κ3) is 4.25. The average Bonchev–Trinajstić information content (AvgIpc) is 3.04. The zero-order chi connectivity index (χ0) is 19.3. The van der Waals surface area contributed by atoms with Gasteiger partial charge in [-0.3, -0.25) is 0 Å². The first kappa shape index (κ1) is 18.7. The van der Waals surface area contributed by atoms with Crippen molar-refractivity contribution in [2.24, 2.45) is 0 Å². The summed E-state index contributed by atoms with van der Waals surface area (Å²) in [5.74, 6) is 1.51. The van der Waals surface area contributed by atoms with E-state index in [1.807, 2.05) is 18.2 Å². The third-order valence-corrected chi connectivity index (χ3v) is 5.48. The van der Waals surface area contributed by atoms with Gasteiger partial charge in [0.25, 0.3) is 0 Å². The quantitative estimate of drug-likeness (QED) is 0.613. The molecule has 0 amide bonds. The summed E-state index contributed by atoms with van der Waals surface area (Å²) < 4.78 is 2.17. The molecule has 1 aromatic carbocycles. The Balaban J connectivity index is 1.52. The summed E-state index contributed by atoms with van der Waals surface area (Å²) in [5, 5.41) is 0. The predicted molar refractivity (Wildman–Crippen MR) is 113 cm³/mol. The molecule has 0 unspecified atom stereocenters. The van der Waals surface area contributed by atoms with E-state index in [1.54, 1.807) is 0 Å². The maximum absolute atomic E-state index is 6.07. The smallest absolute Gasteiger partial charge is 0.224 e. The van der Waals surface area contributed by atoms with Gasteiger partial charge < -0.3 is 20.9 Å². The molecule has 4 rings (SSSR count). The lowest BCUT2D eigenvalue weighted by Crippen LogP contribution is -2.30. The van der Waals surface area contributed by atoms with Crippen molar-refractivity contribution in [2.75, 3.05) is 31.1 Å². The first-order valence-electron chi connectivity index (χ1n) is 10.2. The standard InChI is InChI=1S/C21H29N7/c22-19-18-20(26-21(23)25-19)28(14-8-7-13-27-11-5-2-6-12-27)17(24-18)15-16-9-3-1-4-10-16/h1,3-4,9-10H,2,5-8,11-15H2,(H4,22,23,25,26). The van der Waals surface area contributed by atoms with Crippen LogP contribution < -0.4 is 11.5 Å². The molecular weight excluding hydrogens is 350 g/mol. The van der Waals surface area contributed by atoms with Crippen LogP contribution in [-0.4, -0.2) is 44.1 Å². The molecule has 1 aliphatic heterocycles. The lowest BCUT2D eigenvalue weighted by Gasteiger charge is -2.26. The second-order valence-corrected chi connectivity index (χ2v) is 7.59. The van der Waals surface area contributed by atoms with Gasteiger partial charge in [-0.15, -0.1) is 0 Å². The van der Waals surface area contributed by atoms with Crippen molar-refractivity contribution < 1.29 is 0 Å². The Labute approximate surface area is 165 Å². The van der Waals surface area contributed by atoms with Crippen LogP contribution in [0.4, 0.5) is 11.8 Å². The number of nitrogens with zero attached hydrogens (tertiary/aromatic N) is 5. The van der Waals surface area contributed by atoms with Gasteiger partial charge in [-0.05, 0) is 50.9 Å². The number of fused-ring (bicyclic) bond motifs is 1. The van der Waals surface area contributed by atoms with Crippen LogP contribution in [0.5, 0.6) is 0 Å². The molecule has 3 aromatic rings. The van der Waals surface area contributed by atoms with E-state index in [-0.39, 0.29) is 5.95 Å². The number of nitrogens with two attached hydrogens (primary N) is 2. The fraction of sp³-hybridized carbons (Fsp3) is 0.476. The minimum Gasteiger partial charge on any atom is -0.382 e. The Morgan fingerprint density at radius 3 is 2.39 bits per heavy atom. The number of unbranched alkanes of at least 4 members (excludes halogenated alkanes) is 1. The Morgan fingerprint density at radius 1 is 0.857 bits per heavy atom. The van der Waals surface area contributed by atoms with Crippen LogP contribution >= 0.6 is 0 Å². The number of aryl methyl sites for hydroxylation is 1. The van der Waals surface area contributed by atoms with Crippen LogP contribution in [0.15, 0.2) is 30.3 Å². The number of nitrogen functional groups attached to an aromatic ring is 2. The highest BCUT2D eigenvalue weighted by atomic mass is 15.2. The first-order chi connectivity index (χ1) is 13.7. The number of anilines is 2. The lowest BCUT2D eigenvalue weighted by molar-refractivity contribution is 0.223. The van der Waals surface area contributed by atoms with E-state index in [1.165, 1.54) is 50.9 Å². The van der Waals surface area contributed by atoms with Crippen LogP contribution in [0.1, 0.15) is 43.5 Å². The van der Waals surface area contributed by atoms with Gasteiger partial charge in [-0.25, -0.2) is 4.98 Å². The Kier molecular flexibility index (Phi) is 5.71. The van der Waals surface area contributed by atoms with Crippen LogP contribution in [-0.2, 0) is 13.0 Å². The van der Waals surface area contributed by atoms with Gasteiger partial charge in [0.15, 0.2) is 17.0 Å². The topological polar surface area (TPSA) is 98.9 Å². The van der Waals surface area contributed by atoms with Crippen LogP contribution in [0.2, 0.25) is 0 Å². The summed E-state index contributed by atoms with van der Waals surface area (Å²) in [6.45, 7) is 4.52. The molecule has 148 valence electrons. The maximum atomic E-state index is 6.07. The highest BCUT2D eigenvalue weighted by Gasteiger charge is 2.16. The Bertz CT molecular complexity index is 913. The van der Waals surface area contributed by atoms with Gasteiger partial charge in [-0.2, -0.15) is 9.97 Å². The molecule has 0 aliphatic carbocycles. The number of aromatic nitrogens is 4. The molecule has 4 N–H and O–H groups in total. The highest BCUT2D eigenvalue weighted by molar-refractivity contribution is 5.83. The van der Waals surface area contributed by atoms with Crippen LogP contribution in [0.3, 0.4) is 0 Å². The number of likely N-dealkylation sites (tertiary alicyclic amines) is 1. The monoisotopic (exact) mass is 379 g/mol. The molecule has 28 heavy (non-hydrogen) atoms. The summed E-state index contributed by atoms with van der Waals surface area (Å²) >= 11 is 0. The molecule has 2 aromatic heterocycles. The SMILES string of the molecule is Nc1nc(N)c2nc(Cc3ccccc3)n(CCCCN3CCCCC3)c2n1. The number of hydrogen-bond donors (Lipinski definition) is 2. The molecule has 1 saturated heterocycles. The van der Waals surface area contributed by atoms with Gasteiger partial charge in [0.05, 0.1) is 0 Å². The highest BCUT2D eigenvalue weighted by Crippen LogP contribution is 2.22. The second kappa shape index (κ2) is 8.56. The van der Waals surface area contributed by atoms with E-state index in [4.69, 9.17) is 16.5 Å². The van der Waals surface area contributed by atoms with Crippen molar-refractivity contribution >= 4 is 22.9 Å². The zero-order valence-electron chi connectivity index (χ0n) is 16.3. The van der Waals surface area contributed by atoms with Crippen LogP contribution in [0.25, 0.3) is 11.2 Å². The van der Waals surface area contributed by atoms with Gasteiger partial charge in [-0.1, -0.05) is 36.8 Å². The van der Waals surface area contributed by atoms with E-state index in [0.29, 0.717) is 11.3 Å². The average molecular weight is 380 g/mol. The summed E-state index contributed by atoms with van der Waals surface area (Å²) in [5.41, 5.74) is 14.5. The lowest BCUT2D eigenvalue weighted by atomic mass is 10.1. The maximum Gasteiger partial charge on any atom is 0.224 e. The number of imidazole rings is 1. The molecule has 0 radical (unpaired) electrons. The van der Waals surface area contributed by atoms with Crippen LogP contribution in [0, 0.1) is 0 Å². The fourth-order valence-corrected chi connectivity index (χ4v) is 4.02. The molecule has 1 fully saturated rings. The minimum atomic E-state index is 0.200. The van der Waals surface area contributed by atoms with Gasteiger partial charge >= 0.3 is 0 Å². The zero-order valence-corrected chi connectivity index (χ0v) is 16.3. The molecule has 0 atom stereocenters. The van der Waals surface area contributed by atoms with Crippen molar-refractivity contribution in [1.82, 2.24) is 24.4 Å². The molecule has 7 heteroatoms. The van der Waals surface area contributed by atoms with Crippen molar-refractivity contribution in [3.05, 3.63) is 41.7 Å². The Hall–Kier alpha value is -2.67. The predicted octanol–water partition coefficient (Wildman–Crippen LogP) is 2.85. The Morgan fingerprint density at radius 2 is 1.61 bits per heavy atom. The first-order valence-corrected chi connectivity index (χ1v) is 10.2. The molecular formula is C21H29N7. The molecule has 7 nitrogen and oxygen atoms in total. The van der Waals surface area contributed by atoms with Crippen molar-refractivity contribution in [3.8, 4) is 0 Å². The summed E-state index contributed by atoms with van der Waals surface area (Å²) in [4.78, 5) is 15.9. The number of hydrogen-bond acceptors (Lipinski definition) is 6. The third-order valence-electron chi connectivity index (χ3n) is 5.48. The summed E-state index contributed by atoms with van der Waals surface area (Å²) in [7, 11) is 0. The molecule has 0 bridgehead atoms. The number of benzene rings is 1. The molecule has 1 aliphatic rings. The summed E-state index contributed by atoms with van der Waals surface area (Å²) in [6, 6.07) is 10.4. The van der Waals surface area contributed by atoms with E-state index in [0.717, 1.165) is 30.9 Å². The molecule has 0 saturated carbocycles. The fourth-order valence-electron chi connectivity index (χ4n) is 4.02. The van der Waals surface area contributed by atoms with E-state index in [2.05, 4.69) is 31.6 Å².